The molecule has 0 spiro atoms. The van der Waals surface area contributed by atoms with Crippen molar-refractivity contribution in [1.82, 2.24) is 4.57 Å². The molecule has 82 heavy (non-hydrogen) atoms. The van der Waals surface area contributed by atoms with E-state index in [-0.39, 0.29) is 17.5 Å². The maximum atomic E-state index is 2.65. The fraction of sp³-hybridized carbons (Fsp3) is 0.103. The maximum absolute atomic E-state index is 2.65. The van der Waals surface area contributed by atoms with Gasteiger partial charge in [0.1, 0.15) is 0 Å². The summed E-state index contributed by atoms with van der Waals surface area (Å²) in [5, 5.41) is 10.4. The van der Waals surface area contributed by atoms with Gasteiger partial charge in [0.05, 0.1) is 16.7 Å². The van der Waals surface area contributed by atoms with E-state index < -0.39 is 0 Å². The molecule has 0 saturated heterocycles. The Kier molecular flexibility index (Phi) is 10.8. The molecular formula is C78H59BN2S. The highest BCUT2D eigenvalue weighted by Gasteiger charge is 2.43. The van der Waals surface area contributed by atoms with Crippen molar-refractivity contribution in [1.29, 1.82) is 0 Å². The van der Waals surface area contributed by atoms with Crippen LogP contribution in [0.2, 0.25) is 0 Å². The second-order valence-electron chi connectivity index (χ2n) is 24.9. The average Bonchev–Trinajstić information content (AvgIpc) is 1.82. The normalized spacial score (nSPS) is 13.1. The van der Waals surface area contributed by atoms with Crippen LogP contribution < -0.4 is 21.3 Å². The molecule has 0 aliphatic carbocycles. The summed E-state index contributed by atoms with van der Waals surface area (Å²) in [5.41, 5.74) is 23.3. The highest BCUT2D eigenvalue weighted by molar-refractivity contribution is 8.00. The highest BCUT2D eigenvalue weighted by Crippen LogP contribution is 2.51. The number of hydrogen-bond donors (Lipinski definition) is 0. The van der Waals surface area contributed by atoms with Gasteiger partial charge in [-0.25, -0.2) is 0 Å². The van der Waals surface area contributed by atoms with Gasteiger partial charge in [0.25, 0.3) is 0 Å². The molecule has 1 aromatic heterocycles. The lowest BCUT2D eigenvalue weighted by Gasteiger charge is -2.42. The zero-order valence-electron chi connectivity index (χ0n) is 47.1. The van der Waals surface area contributed by atoms with Crippen molar-refractivity contribution in [3.8, 4) is 50.2 Å². The molecule has 2 aliphatic rings. The number of fused-ring (bicyclic) bond motifs is 7. The minimum absolute atomic E-state index is 0.0100. The van der Waals surface area contributed by atoms with Gasteiger partial charge in [0.15, 0.2) is 0 Å². The summed E-state index contributed by atoms with van der Waals surface area (Å²) in [6.45, 7) is 14.0. The molecule has 0 amide bonds. The van der Waals surface area contributed by atoms with Gasteiger partial charge in [-0.1, -0.05) is 259 Å². The lowest BCUT2D eigenvalue weighted by Crippen LogP contribution is -2.60. The zero-order valence-corrected chi connectivity index (χ0v) is 47.9. The van der Waals surface area contributed by atoms with Gasteiger partial charge in [-0.15, -0.1) is 0 Å². The highest BCUT2D eigenvalue weighted by atomic mass is 32.2. The fourth-order valence-electron chi connectivity index (χ4n) is 13.8. The summed E-state index contributed by atoms with van der Waals surface area (Å²) in [5.74, 6) is 0. The molecule has 0 radical (unpaired) electrons. The number of anilines is 3. The summed E-state index contributed by atoms with van der Waals surface area (Å²) in [4.78, 5) is 5.21. The van der Waals surface area contributed by atoms with E-state index in [0.717, 1.165) is 11.4 Å². The van der Waals surface area contributed by atoms with Crippen LogP contribution in [0.4, 0.5) is 17.1 Å². The second kappa shape index (κ2) is 18.2. The Hall–Kier alpha value is -9.09. The molecular weight excluding hydrogens is 1010 g/mol. The third-order valence-corrected chi connectivity index (χ3v) is 19.0. The first-order chi connectivity index (χ1) is 39.9. The van der Waals surface area contributed by atoms with Gasteiger partial charge >= 0.3 is 0 Å². The van der Waals surface area contributed by atoms with Crippen LogP contribution in [0.15, 0.2) is 259 Å². The quantitative estimate of drug-likeness (QED) is 0.121. The van der Waals surface area contributed by atoms with Gasteiger partial charge in [0.2, 0.25) is 6.71 Å². The molecule has 0 N–H and O–H groups in total. The van der Waals surface area contributed by atoms with E-state index in [0.29, 0.717) is 0 Å². The monoisotopic (exact) mass is 1070 g/mol. The molecule has 3 heterocycles. The zero-order chi connectivity index (χ0) is 55.2. The van der Waals surface area contributed by atoms with Crippen LogP contribution in [0, 0.1) is 0 Å². The molecule has 0 fully saturated rings. The van der Waals surface area contributed by atoms with Crippen molar-refractivity contribution in [3.05, 3.63) is 260 Å². The molecule has 2 nitrogen and oxygen atoms in total. The van der Waals surface area contributed by atoms with Gasteiger partial charge in [-0.2, -0.15) is 0 Å². The Morgan fingerprint density at radius 3 is 1.54 bits per heavy atom. The topological polar surface area (TPSA) is 8.17 Å². The average molecular weight is 1070 g/mol. The predicted octanol–water partition coefficient (Wildman–Crippen LogP) is 19.7. The minimum atomic E-state index is -0.0966. The summed E-state index contributed by atoms with van der Waals surface area (Å²) in [7, 11) is 0. The maximum Gasteiger partial charge on any atom is 0.249 e. The number of hydrogen-bond acceptors (Lipinski definition) is 2. The van der Waals surface area contributed by atoms with E-state index in [1.54, 1.807) is 0 Å². The molecule has 0 atom stereocenters. The Labute approximate surface area is 484 Å². The molecule has 0 bridgehead atoms. The van der Waals surface area contributed by atoms with Crippen molar-refractivity contribution in [2.24, 2.45) is 0 Å². The van der Waals surface area contributed by atoms with Crippen molar-refractivity contribution in [3.63, 3.8) is 0 Å². The molecule has 13 aromatic carbocycles. The Balaban J connectivity index is 1.02. The summed E-state index contributed by atoms with van der Waals surface area (Å²) in [6, 6.07) is 94.6. The van der Waals surface area contributed by atoms with Crippen molar-refractivity contribution in [2.75, 3.05) is 4.90 Å². The molecule has 0 saturated carbocycles. The van der Waals surface area contributed by atoms with Gasteiger partial charge in [0, 0.05) is 48.8 Å². The Bertz CT molecular complexity index is 4800. The second-order valence-corrected chi connectivity index (χ2v) is 25.9. The third kappa shape index (κ3) is 7.58. The van der Waals surface area contributed by atoms with Gasteiger partial charge < -0.3 is 9.47 Å². The smallest absolute Gasteiger partial charge is 0.249 e. The van der Waals surface area contributed by atoms with Crippen molar-refractivity contribution in [2.45, 2.75) is 62.2 Å². The first-order valence-corrected chi connectivity index (χ1v) is 29.7. The van der Waals surface area contributed by atoms with Gasteiger partial charge in [-0.05, 0) is 147 Å². The Morgan fingerprint density at radius 1 is 0.354 bits per heavy atom. The lowest BCUT2D eigenvalue weighted by atomic mass is 9.34. The molecule has 16 rings (SSSR count). The molecule has 2 aliphatic heterocycles. The van der Waals surface area contributed by atoms with E-state index in [9.17, 15) is 0 Å². The van der Waals surface area contributed by atoms with E-state index in [1.807, 2.05) is 11.8 Å². The summed E-state index contributed by atoms with van der Waals surface area (Å²) < 4.78 is 2.51. The van der Waals surface area contributed by atoms with Crippen LogP contribution >= 0.6 is 11.8 Å². The first kappa shape index (κ1) is 48.8. The molecule has 0 unspecified atom stereocenters. The molecule has 4 heteroatoms. The van der Waals surface area contributed by atoms with Crippen LogP contribution in [0.3, 0.4) is 0 Å². The number of benzene rings is 13. The summed E-state index contributed by atoms with van der Waals surface area (Å²) in [6.07, 6.45) is 0. The SMILES string of the molecule is CC(C)(C)c1cc2ccc3cc(C(C)(C)C)cc4c(-c5ccc6c(c5)B5c7cc(-c8ccccc8)ccc7N(c7c(-c8ccccc8)cccc7-c7ccccc7)c7cc(-n8c9ccccc9c9ccccc98)cc(c75)S6)cc(c1)c2c34. The van der Waals surface area contributed by atoms with E-state index in [1.165, 1.54) is 147 Å². The fourth-order valence-corrected chi connectivity index (χ4v) is 15.0. The number of para-hydroxylation sites is 3. The molecule has 14 aromatic rings. The van der Waals surface area contributed by atoms with Crippen LogP contribution in [-0.4, -0.2) is 11.3 Å². The van der Waals surface area contributed by atoms with Crippen LogP contribution in [0.25, 0.3) is 104 Å². The standard InChI is InChI=1S/C78H59BN2S/c1-77(2,3)56-39-53-33-34-54-40-57(78(4,5)6)45-64-63(42-55(41-56)73(53)74(54)64)52-36-38-71-66(44-52)79-65-43-51(48-21-10-7-11-22-48)35-37-69(65)81(76-59(49-23-12-8-13-24-49)29-20-30-60(76)50-25-14-9-15-26-50)70-46-58(47-72(82-71)75(70)79)80-67-31-18-16-27-61(67)62-28-17-19-32-68(62)80/h7-47H,1-6H3. The van der Waals surface area contributed by atoms with E-state index in [4.69, 9.17) is 0 Å². The van der Waals surface area contributed by atoms with Crippen LogP contribution in [0.5, 0.6) is 0 Å². The minimum Gasteiger partial charge on any atom is -0.310 e. The lowest BCUT2D eigenvalue weighted by molar-refractivity contribution is 0.591. The third-order valence-electron chi connectivity index (χ3n) is 17.8. The van der Waals surface area contributed by atoms with Crippen LogP contribution in [-0.2, 0) is 10.8 Å². The van der Waals surface area contributed by atoms with E-state index >= 15 is 0 Å². The Morgan fingerprint density at radius 2 is 0.902 bits per heavy atom. The number of nitrogens with zero attached hydrogens (tertiary/aromatic N) is 2. The van der Waals surface area contributed by atoms with Crippen molar-refractivity contribution >= 4 is 106 Å². The van der Waals surface area contributed by atoms with E-state index in [2.05, 4.69) is 300 Å². The summed E-state index contributed by atoms with van der Waals surface area (Å²) >= 11 is 1.93. The van der Waals surface area contributed by atoms with Crippen LogP contribution in [0.1, 0.15) is 52.7 Å². The number of aromatic nitrogens is 1. The number of rotatable bonds is 6. The predicted molar refractivity (Wildman–Crippen MR) is 354 cm³/mol. The van der Waals surface area contributed by atoms with Crippen molar-refractivity contribution < 1.29 is 0 Å². The molecule has 390 valence electrons. The van der Waals surface area contributed by atoms with Gasteiger partial charge in [-0.3, -0.25) is 0 Å². The largest absolute Gasteiger partial charge is 0.310 e. The first-order valence-electron chi connectivity index (χ1n) is 28.9.